The molecule has 1 aromatic heterocycles. The van der Waals surface area contributed by atoms with E-state index in [4.69, 9.17) is 5.11 Å². The first kappa shape index (κ1) is 16.4. The average Bonchev–Trinajstić information content (AvgIpc) is 2.55. The number of nitrogens with one attached hydrogen (secondary N) is 1. The van der Waals surface area contributed by atoms with Gasteiger partial charge in [0.05, 0.1) is 12.5 Å². The lowest BCUT2D eigenvalue weighted by Gasteiger charge is -2.09. The number of carbonyl (C=O) groups excluding carboxylic acids is 1. The largest absolute Gasteiger partial charge is 0.481 e. The van der Waals surface area contributed by atoms with Crippen LogP contribution in [0.25, 0.3) is 0 Å². The fraction of sp³-hybridized carbons (Fsp3) is 0.250. The van der Waals surface area contributed by atoms with Crippen molar-refractivity contribution in [3.8, 4) is 0 Å². The third kappa shape index (κ3) is 4.50. The van der Waals surface area contributed by atoms with Crippen molar-refractivity contribution < 1.29 is 14.7 Å². The molecule has 0 aliphatic rings. The predicted octanol–water partition coefficient (Wildman–Crippen LogP) is 0.742. The molecule has 0 spiro atoms. The van der Waals surface area contributed by atoms with Gasteiger partial charge in [-0.1, -0.05) is 37.3 Å². The summed E-state index contributed by atoms with van der Waals surface area (Å²) in [7, 11) is 0. The zero-order chi connectivity index (χ0) is 16.8. The van der Waals surface area contributed by atoms with E-state index in [2.05, 4.69) is 10.4 Å². The zero-order valence-corrected chi connectivity index (χ0v) is 12.6. The molecule has 0 saturated carbocycles. The Morgan fingerprint density at radius 2 is 1.91 bits per heavy atom. The zero-order valence-electron chi connectivity index (χ0n) is 12.6. The summed E-state index contributed by atoms with van der Waals surface area (Å²) in [6.45, 7) is 1.74. The van der Waals surface area contributed by atoms with Crippen molar-refractivity contribution in [2.45, 2.75) is 13.5 Å². The van der Waals surface area contributed by atoms with E-state index in [0.29, 0.717) is 0 Å². The standard InChI is InChI=1S/C16H17N3O4/c1-11(16(22)23)9-17-15(21)13-7-8-14(20)19(18-13)10-12-5-3-2-4-6-12/h2-8,11H,9-10H2,1H3,(H,17,21)(H,22,23)/t11-/m0/s1. The molecule has 1 aromatic carbocycles. The van der Waals surface area contributed by atoms with Gasteiger partial charge in [-0.25, -0.2) is 4.68 Å². The Labute approximate surface area is 132 Å². The molecule has 1 atom stereocenters. The minimum atomic E-state index is -0.993. The molecule has 1 amide bonds. The maximum absolute atomic E-state index is 12.0. The number of amides is 1. The number of carboxylic acids is 1. The molecule has 23 heavy (non-hydrogen) atoms. The summed E-state index contributed by atoms with van der Waals surface area (Å²) in [5.74, 6) is -2.21. The van der Waals surface area contributed by atoms with Crippen LogP contribution in [0.15, 0.2) is 47.3 Å². The molecule has 0 aliphatic carbocycles. The van der Waals surface area contributed by atoms with Crippen molar-refractivity contribution in [2.24, 2.45) is 5.92 Å². The molecule has 7 nitrogen and oxygen atoms in total. The average molecular weight is 315 g/mol. The van der Waals surface area contributed by atoms with E-state index in [1.807, 2.05) is 30.3 Å². The van der Waals surface area contributed by atoms with E-state index in [1.165, 1.54) is 23.7 Å². The van der Waals surface area contributed by atoms with Crippen molar-refractivity contribution in [3.63, 3.8) is 0 Å². The second-order valence-corrected chi connectivity index (χ2v) is 5.15. The van der Waals surface area contributed by atoms with Crippen molar-refractivity contribution in [1.82, 2.24) is 15.1 Å². The molecule has 0 bridgehead atoms. The van der Waals surface area contributed by atoms with E-state index in [-0.39, 0.29) is 24.3 Å². The van der Waals surface area contributed by atoms with Gasteiger partial charge in [-0.2, -0.15) is 5.10 Å². The molecule has 7 heteroatoms. The number of hydrogen-bond acceptors (Lipinski definition) is 4. The Bertz CT molecular complexity index is 755. The Hall–Kier alpha value is -2.96. The molecular weight excluding hydrogens is 298 g/mol. The van der Waals surface area contributed by atoms with Crippen LogP contribution in [0.4, 0.5) is 0 Å². The number of nitrogens with zero attached hydrogens (tertiary/aromatic N) is 2. The van der Waals surface area contributed by atoms with Crippen LogP contribution in [0.2, 0.25) is 0 Å². The molecule has 0 saturated heterocycles. The predicted molar refractivity (Wildman–Crippen MR) is 83.2 cm³/mol. The summed E-state index contributed by atoms with van der Waals surface area (Å²) >= 11 is 0. The van der Waals surface area contributed by atoms with Gasteiger partial charge in [-0.05, 0) is 11.6 Å². The molecule has 2 aromatic rings. The van der Waals surface area contributed by atoms with Crippen LogP contribution in [0.3, 0.4) is 0 Å². The molecule has 2 rings (SSSR count). The molecule has 2 N–H and O–H groups in total. The highest BCUT2D eigenvalue weighted by molar-refractivity contribution is 5.92. The lowest BCUT2D eigenvalue weighted by atomic mass is 10.2. The molecule has 120 valence electrons. The van der Waals surface area contributed by atoms with Crippen LogP contribution in [0.1, 0.15) is 23.0 Å². The van der Waals surface area contributed by atoms with Crippen LogP contribution in [0.5, 0.6) is 0 Å². The smallest absolute Gasteiger partial charge is 0.308 e. The van der Waals surface area contributed by atoms with E-state index in [1.54, 1.807) is 0 Å². The molecule has 0 unspecified atom stereocenters. The van der Waals surface area contributed by atoms with E-state index in [0.717, 1.165) is 5.56 Å². The SMILES string of the molecule is C[C@@H](CNC(=O)c1ccc(=O)n(Cc2ccccc2)n1)C(=O)O. The van der Waals surface area contributed by atoms with E-state index in [9.17, 15) is 14.4 Å². The van der Waals surface area contributed by atoms with Crippen LogP contribution < -0.4 is 10.9 Å². The van der Waals surface area contributed by atoms with Gasteiger partial charge in [0.1, 0.15) is 5.69 Å². The van der Waals surface area contributed by atoms with E-state index >= 15 is 0 Å². The fourth-order valence-electron chi connectivity index (χ4n) is 1.86. The number of carboxylic acid groups (broad SMARTS) is 1. The quantitative estimate of drug-likeness (QED) is 0.819. The number of benzene rings is 1. The number of aliphatic carboxylic acids is 1. The monoisotopic (exact) mass is 315 g/mol. The molecule has 1 heterocycles. The third-order valence-electron chi connectivity index (χ3n) is 3.26. The Balaban J connectivity index is 2.12. The Kier molecular flexibility index (Phi) is 5.24. The number of rotatable bonds is 6. The molecule has 0 fully saturated rings. The van der Waals surface area contributed by atoms with Gasteiger partial charge in [0.25, 0.3) is 11.5 Å². The highest BCUT2D eigenvalue weighted by atomic mass is 16.4. The van der Waals surface area contributed by atoms with Crippen LogP contribution in [-0.4, -0.2) is 33.3 Å². The molecular formula is C16H17N3O4. The second-order valence-electron chi connectivity index (χ2n) is 5.15. The first-order valence-electron chi connectivity index (χ1n) is 7.10. The van der Waals surface area contributed by atoms with Gasteiger partial charge >= 0.3 is 5.97 Å². The number of carbonyl (C=O) groups is 2. The Morgan fingerprint density at radius 3 is 2.57 bits per heavy atom. The fourth-order valence-corrected chi connectivity index (χ4v) is 1.86. The van der Waals surface area contributed by atoms with Gasteiger partial charge in [0.15, 0.2) is 0 Å². The number of aromatic nitrogens is 2. The van der Waals surface area contributed by atoms with Gasteiger partial charge in [0, 0.05) is 12.6 Å². The molecule has 0 radical (unpaired) electrons. The summed E-state index contributed by atoms with van der Waals surface area (Å²) in [4.78, 5) is 34.6. The first-order valence-corrected chi connectivity index (χ1v) is 7.10. The van der Waals surface area contributed by atoms with Gasteiger partial charge in [-0.15, -0.1) is 0 Å². The summed E-state index contributed by atoms with van der Waals surface area (Å²) in [5, 5.41) is 15.3. The minimum Gasteiger partial charge on any atom is -0.481 e. The lowest BCUT2D eigenvalue weighted by Crippen LogP contribution is -2.34. The lowest BCUT2D eigenvalue weighted by molar-refractivity contribution is -0.140. The third-order valence-corrected chi connectivity index (χ3v) is 3.26. The van der Waals surface area contributed by atoms with Crippen molar-refractivity contribution in [3.05, 3.63) is 64.1 Å². The number of hydrogen-bond donors (Lipinski definition) is 2. The summed E-state index contributed by atoms with van der Waals surface area (Å²) in [6, 6.07) is 11.9. The van der Waals surface area contributed by atoms with Crippen molar-refractivity contribution >= 4 is 11.9 Å². The maximum atomic E-state index is 12.0. The first-order chi connectivity index (χ1) is 11.0. The normalized spacial score (nSPS) is 11.7. The highest BCUT2D eigenvalue weighted by Crippen LogP contribution is 2.00. The van der Waals surface area contributed by atoms with Gasteiger partial charge < -0.3 is 10.4 Å². The van der Waals surface area contributed by atoms with Crippen molar-refractivity contribution in [1.29, 1.82) is 0 Å². The minimum absolute atomic E-state index is 0.00629. The summed E-state index contributed by atoms with van der Waals surface area (Å²) < 4.78 is 1.20. The van der Waals surface area contributed by atoms with Gasteiger partial charge in [0.2, 0.25) is 0 Å². The summed E-state index contributed by atoms with van der Waals surface area (Å²) in [6.07, 6.45) is 0. The van der Waals surface area contributed by atoms with Crippen LogP contribution >= 0.6 is 0 Å². The second kappa shape index (κ2) is 7.35. The topological polar surface area (TPSA) is 101 Å². The van der Waals surface area contributed by atoms with Crippen LogP contribution in [0, 0.1) is 5.92 Å². The maximum Gasteiger partial charge on any atom is 0.308 e. The van der Waals surface area contributed by atoms with Crippen molar-refractivity contribution in [2.75, 3.05) is 6.54 Å². The van der Waals surface area contributed by atoms with Crippen LogP contribution in [-0.2, 0) is 11.3 Å². The summed E-state index contributed by atoms with van der Waals surface area (Å²) in [5.41, 5.74) is 0.640. The molecule has 0 aliphatic heterocycles. The van der Waals surface area contributed by atoms with E-state index < -0.39 is 17.8 Å². The highest BCUT2D eigenvalue weighted by Gasteiger charge is 2.14. The van der Waals surface area contributed by atoms with Gasteiger partial charge in [-0.3, -0.25) is 14.4 Å². The Morgan fingerprint density at radius 1 is 1.22 bits per heavy atom.